The number of amides is 2. The van der Waals surface area contributed by atoms with E-state index < -0.39 is 5.91 Å². The van der Waals surface area contributed by atoms with Crippen LogP contribution in [0.15, 0.2) is 73.1 Å². The Bertz CT molecular complexity index is 912. The molecule has 0 saturated carbocycles. The molecule has 2 N–H and O–H groups in total. The molecule has 0 aliphatic heterocycles. The van der Waals surface area contributed by atoms with E-state index in [9.17, 15) is 14.0 Å². The van der Waals surface area contributed by atoms with Crippen molar-refractivity contribution in [1.29, 1.82) is 0 Å². The lowest BCUT2D eigenvalue weighted by molar-refractivity contribution is 0.0950. The summed E-state index contributed by atoms with van der Waals surface area (Å²) in [6.45, 7) is 0.381. The second kappa shape index (κ2) is 8.02. The average molecular weight is 349 g/mol. The fourth-order valence-electron chi connectivity index (χ4n) is 2.31. The normalized spacial score (nSPS) is 10.2. The monoisotopic (exact) mass is 349 g/mol. The predicted molar refractivity (Wildman–Crippen MR) is 96.2 cm³/mol. The van der Waals surface area contributed by atoms with E-state index in [1.54, 1.807) is 0 Å². The molecule has 130 valence electrons. The van der Waals surface area contributed by atoms with Gasteiger partial charge in [-0.2, -0.15) is 0 Å². The van der Waals surface area contributed by atoms with Crippen LogP contribution in [0.1, 0.15) is 26.3 Å². The minimum atomic E-state index is -0.429. The molecular weight excluding hydrogens is 333 g/mol. The van der Waals surface area contributed by atoms with E-state index in [2.05, 4.69) is 15.6 Å². The number of hydrogen-bond acceptors (Lipinski definition) is 3. The van der Waals surface area contributed by atoms with Gasteiger partial charge in [0.25, 0.3) is 11.8 Å². The molecule has 0 aliphatic rings. The van der Waals surface area contributed by atoms with Crippen molar-refractivity contribution in [3.8, 4) is 0 Å². The highest BCUT2D eigenvalue weighted by atomic mass is 19.1. The van der Waals surface area contributed by atoms with Crippen LogP contribution in [0.3, 0.4) is 0 Å². The van der Waals surface area contributed by atoms with Gasteiger partial charge in [-0.1, -0.05) is 30.3 Å². The molecule has 26 heavy (non-hydrogen) atoms. The van der Waals surface area contributed by atoms with E-state index >= 15 is 0 Å². The molecule has 0 bridgehead atoms. The summed E-state index contributed by atoms with van der Waals surface area (Å²) in [4.78, 5) is 28.5. The number of aromatic nitrogens is 1. The van der Waals surface area contributed by atoms with Crippen molar-refractivity contribution in [3.05, 3.63) is 95.6 Å². The molecule has 0 aliphatic carbocycles. The van der Waals surface area contributed by atoms with Crippen LogP contribution in [0.5, 0.6) is 0 Å². The van der Waals surface area contributed by atoms with Crippen molar-refractivity contribution >= 4 is 17.5 Å². The van der Waals surface area contributed by atoms with Gasteiger partial charge in [-0.25, -0.2) is 4.39 Å². The fraction of sp³-hybridized carbons (Fsp3) is 0.0500. The molecule has 6 heteroatoms. The number of benzene rings is 2. The van der Waals surface area contributed by atoms with Crippen LogP contribution in [0.2, 0.25) is 0 Å². The summed E-state index contributed by atoms with van der Waals surface area (Å²) in [5.74, 6) is -1.14. The van der Waals surface area contributed by atoms with Crippen molar-refractivity contribution in [2.45, 2.75) is 6.54 Å². The van der Waals surface area contributed by atoms with Gasteiger partial charge in [-0.3, -0.25) is 14.6 Å². The summed E-state index contributed by atoms with van der Waals surface area (Å²) >= 11 is 0. The molecule has 2 aromatic carbocycles. The smallest absolute Gasteiger partial charge is 0.257 e. The van der Waals surface area contributed by atoms with Crippen molar-refractivity contribution in [3.63, 3.8) is 0 Å². The molecule has 0 atom stereocenters. The third-order valence-corrected chi connectivity index (χ3v) is 3.66. The van der Waals surface area contributed by atoms with E-state index in [4.69, 9.17) is 0 Å². The van der Waals surface area contributed by atoms with Crippen LogP contribution in [0.4, 0.5) is 10.1 Å². The van der Waals surface area contributed by atoms with E-state index in [1.807, 2.05) is 30.3 Å². The van der Waals surface area contributed by atoms with Gasteiger partial charge < -0.3 is 10.6 Å². The summed E-state index contributed by atoms with van der Waals surface area (Å²) in [7, 11) is 0. The number of pyridine rings is 1. The molecule has 0 spiro atoms. The maximum absolute atomic E-state index is 12.9. The molecule has 5 nitrogen and oxygen atoms in total. The third kappa shape index (κ3) is 4.51. The minimum absolute atomic E-state index is 0.238. The average Bonchev–Trinajstić information content (AvgIpc) is 2.69. The van der Waals surface area contributed by atoms with Gasteiger partial charge in [0.05, 0.1) is 11.1 Å². The molecule has 0 unspecified atom stereocenters. The maximum atomic E-state index is 12.9. The van der Waals surface area contributed by atoms with Gasteiger partial charge in [0.1, 0.15) is 5.82 Å². The van der Waals surface area contributed by atoms with Crippen molar-refractivity contribution < 1.29 is 14.0 Å². The maximum Gasteiger partial charge on any atom is 0.257 e. The van der Waals surface area contributed by atoms with Crippen molar-refractivity contribution in [1.82, 2.24) is 10.3 Å². The molecule has 3 aromatic rings. The molecule has 1 heterocycles. The molecule has 0 radical (unpaired) electrons. The summed E-state index contributed by atoms with van der Waals surface area (Å²) < 4.78 is 12.9. The predicted octanol–water partition coefficient (Wildman–Crippen LogP) is 3.40. The summed E-state index contributed by atoms with van der Waals surface area (Å²) in [6, 6.07) is 16.4. The van der Waals surface area contributed by atoms with Gasteiger partial charge in [-0.15, -0.1) is 0 Å². The highest BCUT2D eigenvalue weighted by Gasteiger charge is 2.11. The second-order valence-electron chi connectivity index (χ2n) is 5.59. The lowest BCUT2D eigenvalue weighted by Gasteiger charge is -2.08. The third-order valence-electron chi connectivity index (χ3n) is 3.66. The Morgan fingerprint density at radius 1 is 0.885 bits per heavy atom. The van der Waals surface area contributed by atoms with Gasteiger partial charge >= 0.3 is 0 Å². The van der Waals surface area contributed by atoms with Crippen LogP contribution in [0, 0.1) is 5.82 Å². The fourth-order valence-corrected chi connectivity index (χ4v) is 2.31. The van der Waals surface area contributed by atoms with Crippen LogP contribution in [0.25, 0.3) is 0 Å². The number of halogens is 1. The summed E-state index contributed by atoms with van der Waals surface area (Å²) in [5, 5.41) is 5.42. The zero-order valence-electron chi connectivity index (χ0n) is 13.8. The number of carbonyl (C=O) groups is 2. The topological polar surface area (TPSA) is 71.1 Å². The molecular formula is C20H16FN3O2. The highest BCUT2D eigenvalue weighted by Crippen LogP contribution is 2.11. The number of nitrogens with zero attached hydrogens (tertiary/aromatic N) is 1. The van der Waals surface area contributed by atoms with Crippen LogP contribution in [-0.4, -0.2) is 16.8 Å². The van der Waals surface area contributed by atoms with Gasteiger partial charge in [-0.05, 0) is 35.9 Å². The lowest BCUT2D eigenvalue weighted by Crippen LogP contribution is -2.23. The zero-order chi connectivity index (χ0) is 18.4. The minimum Gasteiger partial charge on any atom is -0.348 e. The number of nitrogens with one attached hydrogen (secondary N) is 2. The molecule has 1 aromatic heterocycles. The van der Waals surface area contributed by atoms with Crippen molar-refractivity contribution in [2.75, 3.05) is 5.32 Å². The van der Waals surface area contributed by atoms with E-state index in [0.29, 0.717) is 12.2 Å². The Morgan fingerprint density at radius 2 is 1.54 bits per heavy atom. The first kappa shape index (κ1) is 17.3. The zero-order valence-corrected chi connectivity index (χ0v) is 13.8. The number of carbonyl (C=O) groups excluding carboxylic acids is 2. The molecule has 3 rings (SSSR count). The van der Waals surface area contributed by atoms with E-state index in [-0.39, 0.29) is 22.9 Å². The van der Waals surface area contributed by atoms with Gasteiger partial charge in [0.2, 0.25) is 0 Å². The lowest BCUT2D eigenvalue weighted by atomic mass is 10.1. The number of anilines is 1. The quantitative estimate of drug-likeness (QED) is 0.742. The Labute approximate surface area is 149 Å². The highest BCUT2D eigenvalue weighted by molar-refractivity contribution is 6.05. The van der Waals surface area contributed by atoms with Crippen molar-refractivity contribution in [2.24, 2.45) is 0 Å². The Kier molecular flexibility index (Phi) is 5.34. The summed E-state index contributed by atoms with van der Waals surface area (Å²) in [5.41, 5.74) is 1.95. The van der Waals surface area contributed by atoms with Crippen LogP contribution in [-0.2, 0) is 6.54 Å². The number of rotatable bonds is 5. The SMILES string of the molecule is O=C(NCc1ccccc1)c1cncc(C(=O)Nc2ccc(F)cc2)c1. The Hall–Kier alpha value is -3.54. The Morgan fingerprint density at radius 3 is 2.23 bits per heavy atom. The number of hydrogen-bond donors (Lipinski definition) is 2. The standard InChI is InChI=1S/C20H16FN3O2/c21-17-6-8-18(9-7-17)24-20(26)16-10-15(12-22-13-16)19(25)23-11-14-4-2-1-3-5-14/h1-10,12-13H,11H2,(H,23,25)(H,24,26). The van der Waals surface area contributed by atoms with Gasteiger partial charge in [0, 0.05) is 24.6 Å². The Balaban J connectivity index is 1.66. The molecule has 2 amide bonds. The van der Waals surface area contributed by atoms with Gasteiger partial charge in [0.15, 0.2) is 0 Å². The largest absolute Gasteiger partial charge is 0.348 e. The second-order valence-corrected chi connectivity index (χ2v) is 5.59. The van der Waals surface area contributed by atoms with Crippen LogP contribution >= 0.6 is 0 Å². The first-order valence-electron chi connectivity index (χ1n) is 7.96. The first-order valence-corrected chi connectivity index (χ1v) is 7.96. The van der Waals surface area contributed by atoms with Crippen LogP contribution < -0.4 is 10.6 Å². The molecule has 0 fully saturated rings. The first-order chi connectivity index (χ1) is 12.6. The van der Waals surface area contributed by atoms with E-state index in [1.165, 1.54) is 42.7 Å². The summed E-state index contributed by atoms with van der Waals surface area (Å²) in [6.07, 6.45) is 2.77. The van der Waals surface area contributed by atoms with E-state index in [0.717, 1.165) is 5.56 Å². The molecule has 0 saturated heterocycles.